The number of phenolic OH excluding ortho intramolecular Hbond substituents is 1. The average molecular weight is 535 g/mol. The molecule has 7 nitrogen and oxygen atoms in total. The Labute approximate surface area is 223 Å². The molecule has 196 valence electrons. The topological polar surface area (TPSA) is 103 Å². The van der Waals surface area contributed by atoms with Crippen molar-refractivity contribution in [2.45, 2.75) is 18.2 Å². The lowest BCUT2D eigenvalue weighted by Crippen LogP contribution is -2.17. The monoisotopic (exact) mass is 534 g/mol. The van der Waals surface area contributed by atoms with E-state index in [4.69, 9.17) is 9.47 Å². The molecule has 0 heterocycles. The number of fused-ring (bicyclic) bond motifs is 1. The molecule has 1 unspecified atom stereocenters. The van der Waals surface area contributed by atoms with Gasteiger partial charge in [0.15, 0.2) is 23.2 Å². The molecule has 9 heteroatoms. The second-order valence-corrected chi connectivity index (χ2v) is 9.97. The van der Waals surface area contributed by atoms with E-state index in [0.717, 1.165) is 27.2 Å². The summed E-state index contributed by atoms with van der Waals surface area (Å²) in [7, 11) is 1.47. The van der Waals surface area contributed by atoms with E-state index in [2.05, 4.69) is 10.5 Å². The number of carbonyl (C=O) groups is 1. The van der Waals surface area contributed by atoms with E-state index in [0.29, 0.717) is 16.7 Å². The second-order valence-electron chi connectivity index (χ2n) is 8.59. The number of hydrazone groups is 1. The molecular formula is C29H27FN2O5S. The molecule has 0 saturated heterocycles. The normalized spacial score (nSPS) is 14.7. The minimum Gasteiger partial charge on any atom is -0.612 e. The van der Waals surface area contributed by atoms with Gasteiger partial charge in [-0.15, -0.1) is 0 Å². The van der Waals surface area contributed by atoms with Crippen molar-refractivity contribution in [3.63, 3.8) is 0 Å². The molecule has 1 aliphatic carbocycles. The molecule has 0 bridgehead atoms. The number of aromatic hydroxyl groups is 1. The Kier molecular flexibility index (Phi) is 8.62. The first-order valence-electron chi connectivity index (χ1n) is 11.7. The second kappa shape index (κ2) is 12.1. The number of rotatable bonds is 9. The fraction of sp³-hybridized carbons (Fsp3) is 0.172. The summed E-state index contributed by atoms with van der Waals surface area (Å²) in [6.07, 6.45) is 4.89. The zero-order chi connectivity index (χ0) is 27.2. The molecule has 0 radical (unpaired) electrons. The first kappa shape index (κ1) is 27.1. The van der Waals surface area contributed by atoms with Crippen molar-refractivity contribution in [1.82, 2.24) is 5.43 Å². The van der Waals surface area contributed by atoms with Gasteiger partial charge in [0.25, 0.3) is 0 Å². The highest BCUT2D eigenvalue weighted by Gasteiger charge is 2.25. The highest BCUT2D eigenvalue weighted by atomic mass is 32.2. The van der Waals surface area contributed by atoms with Gasteiger partial charge in [-0.2, -0.15) is 5.10 Å². The van der Waals surface area contributed by atoms with Crippen LogP contribution >= 0.6 is 0 Å². The molecule has 1 aliphatic rings. The van der Waals surface area contributed by atoms with Crippen LogP contribution in [0.2, 0.25) is 0 Å². The first-order chi connectivity index (χ1) is 18.3. The molecular weight excluding hydrogens is 507 g/mol. The van der Waals surface area contributed by atoms with E-state index in [1.54, 1.807) is 30.5 Å². The Bertz CT molecular complexity index is 1430. The third-order valence-electron chi connectivity index (χ3n) is 6.07. The molecule has 1 atom stereocenters. The van der Waals surface area contributed by atoms with Gasteiger partial charge in [0.2, 0.25) is 5.91 Å². The lowest BCUT2D eigenvalue weighted by molar-refractivity contribution is -0.120. The van der Waals surface area contributed by atoms with Crippen molar-refractivity contribution in [3.05, 3.63) is 94.3 Å². The van der Waals surface area contributed by atoms with E-state index in [1.807, 2.05) is 37.3 Å². The van der Waals surface area contributed by atoms with Gasteiger partial charge in [0, 0.05) is 12.7 Å². The van der Waals surface area contributed by atoms with Gasteiger partial charge < -0.3 is 19.1 Å². The molecule has 38 heavy (non-hydrogen) atoms. The number of hydrogen-bond acceptors (Lipinski definition) is 6. The van der Waals surface area contributed by atoms with E-state index in [1.165, 1.54) is 25.5 Å². The van der Waals surface area contributed by atoms with E-state index >= 15 is 0 Å². The van der Waals surface area contributed by atoms with Gasteiger partial charge in [-0.3, -0.25) is 4.79 Å². The molecule has 0 aliphatic heterocycles. The van der Waals surface area contributed by atoms with Crippen molar-refractivity contribution < 1.29 is 28.3 Å². The van der Waals surface area contributed by atoms with Crippen LogP contribution in [0.5, 0.6) is 11.5 Å². The standard InChI is InChI=1S/C29H27FN2O5S/c1-18-24(13-19-7-10-22(11-8-19)38(3)35)23-12-9-21(30)14-26(23)25(18)15-28(33)32-31-16-20-5-4-6-27(29(20)34)37-17-36-2/h4-14,16,34H,15,17H2,1-3H3,(H,32,33)/b24-13-,31-16+. The molecule has 4 rings (SSSR count). The Morgan fingerprint density at radius 2 is 1.92 bits per heavy atom. The summed E-state index contributed by atoms with van der Waals surface area (Å²) < 4.78 is 36.0. The highest BCUT2D eigenvalue weighted by molar-refractivity contribution is 7.90. The molecule has 3 aromatic rings. The number of ether oxygens (including phenoxy) is 2. The van der Waals surface area contributed by atoms with Crippen molar-refractivity contribution in [2.24, 2.45) is 5.10 Å². The third kappa shape index (κ3) is 6.13. The quantitative estimate of drug-likeness (QED) is 0.172. The van der Waals surface area contributed by atoms with Crippen LogP contribution in [0.15, 0.2) is 76.2 Å². The van der Waals surface area contributed by atoms with Crippen LogP contribution in [0.3, 0.4) is 0 Å². The zero-order valence-corrected chi connectivity index (χ0v) is 22.0. The molecule has 1 amide bonds. The van der Waals surface area contributed by atoms with Gasteiger partial charge in [-0.1, -0.05) is 12.1 Å². The third-order valence-corrected chi connectivity index (χ3v) is 7.01. The van der Waals surface area contributed by atoms with Gasteiger partial charge >= 0.3 is 0 Å². The lowest BCUT2D eigenvalue weighted by Gasteiger charge is -2.08. The van der Waals surface area contributed by atoms with Gasteiger partial charge in [0.05, 0.1) is 12.6 Å². The minimum absolute atomic E-state index is 0.0201. The van der Waals surface area contributed by atoms with Gasteiger partial charge in [-0.25, -0.2) is 9.82 Å². The molecule has 0 spiro atoms. The molecule has 3 aromatic carbocycles. The van der Waals surface area contributed by atoms with Gasteiger partial charge in [-0.05, 0) is 106 Å². The van der Waals surface area contributed by atoms with Crippen molar-refractivity contribution in [3.8, 4) is 11.5 Å². The van der Waals surface area contributed by atoms with Crippen LogP contribution in [0.25, 0.3) is 17.2 Å². The maximum Gasteiger partial charge on any atom is 0.244 e. The first-order valence-corrected chi connectivity index (χ1v) is 13.3. The number of nitrogens with one attached hydrogen (secondary N) is 1. The van der Waals surface area contributed by atoms with Crippen LogP contribution in [-0.2, 0) is 20.7 Å². The number of phenols is 1. The Morgan fingerprint density at radius 1 is 1.16 bits per heavy atom. The highest BCUT2D eigenvalue weighted by Crippen LogP contribution is 2.43. The Balaban J connectivity index is 1.54. The number of hydrogen-bond donors (Lipinski definition) is 2. The number of methoxy groups -OCH3 is 1. The van der Waals surface area contributed by atoms with Crippen LogP contribution in [0.4, 0.5) is 4.39 Å². The van der Waals surface area contributed by atoms with Crippen LogP contribution in [-0.4, -0.2) is 41.9 Å². The summed E-state index contributed by atoms with van der Waals surface area (Å²) >= 11 is -1.07. The number of halogens is 1. The number of carbonyl (C=O) groups excluding carboxylic acids is 1. The van der Waals surface area contributed by atoms with E-state index in [9.17, 15) is 18.8 Å². The predicted octanol–water partition coefficient (Wildman–Crippen LogP) is 5.12. The molecule has 0 aromatic heterocycles. The van der Waals surface area contributed by atoms with Crippen LogP contribution < -0.4 is 10.2 Å². The smallest absolute Gasteiger partial charge is 0.244 e. The van der Waals surface area contributed by atoms with E-state index < -0.39 is 22.9 Å². The van der Waals surface area contributed by atoms with E-state index in [-0.39, 0.29) is 24.7 Å². The molecule has 0 saturated carbocycles. The van der Waals surface area contributed by atoms with Crippen molar-refractivity contribution in [2.75, 3.05) is 20.2 Å². The number of amides is 1. The largest absolute Gasteiger partial charge is 0.612 e. The number of nitrogens with zero attached hydrogens (tertiary/aromatic N) is 1. The summed E-state index contributed by atoms with van der Waals surface area (Å²) in [5, 5.41) is 14.3. The number of para-hydroxylation sites is 1. The summed E-state index contributed by atoms with van der Waals surface area (Å²) in [4.78, 5) is 13.5. The van der Waals surface area contributed by atoms with Crippen molar-refractivity contribution >= 4 is 40.5 Å². The Morgan fingerprint density at radius 3 is 2.63 bits per heavy atom. The summed E-state index contributed by atoms with van der Waals surface area (Å²) in [5.41, 5.74) is 7.64. The fourth-order valence-corrected chi connectivity index (χ4v) is 4.68. The average Bonchev–Trinajstić information content (AvgIpc) is 3.14. The van der Waals surface area contributed by atoms with Gasteiger partial charge in [0.1, 0.15) is 12.1 Å². The van der Waals surface area contributed by atoms with Crippen molar-refractivity contribution in [1.29, 1.82) is 0 Å². The summed E-state index contributed by atoms with van der Waals surface area (Å²) in [6, 6.07) is 16.8. The SMILES string of the molecule is COCOc1cccc(/C=N/NC(=O)CC2=C(C)/C(=C/c3ccc([S+](C)[O-])cc3)c3ccc(F)cc32)c1O. The zero-order valence-electron chi connectivity index (χ0n) is 21.2. The minimum atomic E-state index is -1.07. The lowest BCUT2D eigenvalue weighted by atomic mass is 10.0. The summed E-state index contributed by atoms with van der Waals surface area (Å²) in [5.74, 6) is -0.693. The number of benzene rings is 3. The molecule has 0 fully saturated rings. The maximum atomic E-state index is 14.2. The Hall–Kier alpha value is -3.92. The van der Waals surface area contributed by atoms with Crippen LogP contribution in [0, 0.1) is 5.82 Å². The maximum absolute atomic E-state index is 14.2. The fourth-order valence-electron chi connectivity index (χ4n) is 4.16. The predicted molar refractivity (Wildman–Crippen MR) is 147 cm³/mol. The summed E-state index contributed by atoms with van der Waals surface area (Å²) in [6.45, 7) is 1.87. The molecule has 2 N–H and O–H groups in total. The number of allylic oxidation sites excluding steroid dienone is 2. The van der Waals surface area contributed by atoms with Crippen LogP contribution in [0.1, 0.15) is 35.6 Å².